The normalized spacial score (nSPS) is 34.8. The average molecular weight is 495 g/mol. The number of benzene rings is 1. The molecule has 0 saturated carbocycles. The number of rotatable bonds is 4. The summed E-state index contributed by atoms with van der Waals surface area (Å²) in [6, 6.07) is 4.99. The monoisotopic (exact) mass is 494 g/mol. The van der Waals surface area contributed by atoms with Gasteiger partial charge in [0.05, 0.1) is 18.1 Å². The maximum absolute atomic E-state index is 14.3. The van der Waals surface area contributed by atoms with Crippen molar-refractivity contribution in [2.45, 2.75) is 57.3 Å². The lowest BCUT2D eigenvalue weighted by molar-refractivity contribution is -0.158. The van der Waals surface area contributed by atoms with Crippen molar-refractivity contribution in [1.29, 1.82) is 0 Å². The van der Waals surface area contributed by atoms with E-state index in [-0.39, 0.29) is 31.6 Å². The summed E-state index contributed by atoms with van der Waals surface area (Å²) in [5, 5.41) is 9.54. The Morgan fingerprint density at radius 1 is 1.08 bits per heavy atom. The predicted octanol–water partition coefficient (Wildman–Crippen LogP) is 2.45. The number of fused-ring (bicyclic) bond motifs is 2. The van der Waals surface area contributed by atoms with E-state index < -0.39 is 35.0 Å². The number of hydrogen-bond acceptors (Lipinski definition) is 6. The molecule has 2 amide bonds. The molecular weight excluding hydrogens is 460 g/mol. The number of nitrogens with zero attached hydrogens (tertiary/aromatic N) is 2. The SMILES string of the molecule is Cc1ccc(C)c(N2CC=C[C@]34O[C@@]5(C)/C=C\CCCOC(=O)[C@H]5[C@H]3C(=O)N(CCCO)C4C2=O)c1. The maximum Gasteiger partial charge on any atom is 0.313 e. The van der Waals surface area contributed by atoms with Crippen LogP contribution in [0.1, 0.15) is 37.3 Å². The van der Waals surface area contributed by atoms with E-state index in [1.54, 1.807) is 4.90 Å². The van der Waals surface area contributed by atoms with Gasteiger partial charge in [0.25, 0.3) is 5.91 Å². The lowest BCUT2D eigenvalue weighted by atomic mass is 9.74. The van der Waals surface area contributed by atoms with Crippen LogP contribution in [0.2, 0.25) is 0 Å². The largest absolute Gasteiger partial charge is 0.465 e. The van der Waals surface area contributed by atoms with Gasteiger partial charge in [-0.1, -0.05) is 36.4 Å². The summed E-state index contributed by atoms with van der Waals surface area (Å²) in [4.78, 5) is 44.9. The van der Waals surface area contributed by atoms with E-state index in [4.69, 9.17) is 9.47 Å². The first-order valence-corrected chi connectivity index (χ1v) is 12.8. The van der Waals surface area contributed by atoms with E-state index in [1.807, 2.05) is 63.3 Å². The van der Waals surface area contributed by atoms with Gasteiger partial charge in [0.2, 0.25) is 5.91 Å². The maximum atomic E-state index is 14.3. The second-order valence-electron chi connectivity index (χ2n) is 10.5. The molecule has 1 aromatic carbocycles. The summed E-state index contributed by atoms with van der Waals surface area (Å²) in [7, 11) is 0. The molecule has 1 N–H and O–H groups in total. The number of likely N-dealkylation sites (tertiary alicyclic amines) is 1. The van der Waals surface area contributed by atoms with Crippen molar-refractivity contribution in [3.8, 4) is 0 Å². The van der Waals surface area contributed by atoms with Gasteiger partial charge in [-0.05, 0) is 57.2 Å². The molecule has 1 unspecified atom stereocenters. The highest BCUT2D eigenvalue weighted by atomic mass is 16.6. The van der Waals surface area contributed by atoms with Crippen molar-refractivity contribution in [3.05, 3.63) is 53.6 Å². The first-order valence-electron chi connectivity index (χ1n) is 12.8. The third-order valence-corrected chi connectivity index (χ3v) is 7.96. The minimum Gasteiger partial charge on any atom is -0.465 e. The fraction of sp³-hybridized carbons (Fsp3) is 0.536. The molecule has 0 aromatic heterocycles. The zero-order chi connectivity index (χ0) is 25.7. The number of amides is 2. The molecule has 5 rings (SSSR count). The highest BCUT2D eigenvalue weighted by Crippen LogP contribution is 2.57. The van der Waals surface area contributed by atoms with Crippen LogP contribution in [0.25, 0.3) is 0 Å². The van der Waals surface area contributed by atoms with Gasteiger partial charge < -0.3 is 24.4 Å². The van der Waals surface area contributed by atoms with Crippen LogP contribution >= 0.6 is 0 Å². The summed E-state index contributed by atoms with van der Waals surface area (Å²) in [6.45, 7) is 6.40. The molecule has 36 heavy (non-hydrogen) atoms. The lowest BCUT2D eigenvalue weighted by Crippen LogP contribution is -2.56. The van der Waals surface area contributed by atoms with Crippen molar-refractivity contribution in [2.75, 3.05) is 31.2 Å². The molecule has 8 heteroatoms. The van der Waals surface area contributed by atoms with Crippen LogP contribution in [-0.4, -0.2) is 71.3 Å². The molecule has 192 valence electrons. The van der Waals surface area contributed by atoms with Crippen LogP contribution in [0.4, 0.5) is 5.69 Å². The van der Waals surface area contributed by atoms with Crippen LogP contribution in [0.5, 0.6) is 0 Å². The third kappa shape index (κ3) is 3.69. The average Bonchev–Trinajstić information content (AvgIpc) is 3.18. The van der Waals surface area contributed by atoms with Gasteiger partial charge >= 0.3 is 5.97 Å². The van der Waals surface area contributed by atoms with E-state index in [9.17, 15) is 19.5 Å². The van der Waals surface area contributed by atoms with Crippen LogP contribution in [0.15, 0.2) is 42.5 Å². The van der Waals surface area contributed by atoms with Crippen LogP contribution in [-0.2, 0) is 23.9 Å². The number of esters is 1. The number of aryl methyl sites for hydroxylation is 2. The predicted molar refractivity (Wildman–Crippen MR) is 133 cm³/mol. The number of aliphatic hydroxyl groups excluding tert-OH is 1. The van der Waals surface area contributed by atoms with E-state index >= 15 is 0 Å². The summed E-state index contributed by atoms with van der Waals surface area (Å²) < 4.78 is 12.3. The number of allylic oxidation sites excluding steroid dienone is 1. The molecule has 0 radical (unpaired) electrons. The zero-order valence-corrected chi connectivity index (χ0v) is 21.1. The minimum absolute atomic E-state index is 0.119. The molecule has 4 aliphatic rings. The molecule has 1 aromatic rings. The van der Waals surface area contributed by atoms with Crippen molar-refractivity contribution in [3.63, 3.8) is 0 Å². The Balaban J connectivity index is 1.65. The second-order valence-corrected chi connectivity index (χ2v) is 10.5. The van der Waals surface area contributed by atoms with E-state index in [1.165, 1.54) is 4.90 Å². The molecule has 4 aliphatic heterocycles. The number of anilines is 1. The highest BCUT2D eigenvalue weighted by Gasteiger charge is 2.74. The van der Waals surface area contributed by atoms with Crippen LogP contribution in [0.3, 0.4) is 0 Å². The van der Waals surface area contributed by atoms with Gasteiger partial charge in [-0.15, -0.1) is 0 Å². The second kappa shape index (κ2) is 9.16. The Morgan fingerprint density at radius 2 is 1.89 bits per heavy atom. The summed E-state index contributed by atoms with van der Waals surface area (Å²) >= 11 is 0. The molecule has 2 fully saturated rings. The Kier molecular flexibility index (Phi) is 6.29. The number of cyclic esters (lactones) is 1. The van der Waals surface area contributed by atoms with Crippen molar-refractivity contribution < 1.29 is 29.0 Å². The third-order valence-electron chi connectivity index (χ3n) is 7.96. The number of aliphatic hydroxyl groups is 1. The van der Waals surface area contributed by atoms with Crippen molar-refractivity contribution in [1.82, 2.24) is 4.90 Å². The van der Waals surface area contributed by atoms with Gasteiger partial charge in [0, 0.05) is 25.4 Å². The highest BCUT2D eigenvalue weighted by molar-refractivity contribution is 6.06. The number of ether oxygens (including phenoxy) is 2. The van der Waals surface area contributed by atoms with E-state index in [2.05, 4.69) is 0 Å². The Bertz CT molecular complexity index is 1140. The van der Waals surface area contributed by atoms with Crippen molar-refractivity contribution in [2.24, 2.45) is 11.8 Å². The molecule has 5 atom stereocenters. The smallest absolute Gasteiger partial charge is 0.313 e. The number of carbonyl (C=O) groups is 3. The minimum atomic E-state index is -1.32. The fourth-order valence-corrected chi connectivity index (χ4v) is 6.34. The van der Waals surface area contributed by atoms with Gasteiger partial charge in [-0.2, -0.15) is 0 Å². The molecule has 8 nitrogen and oxygen atoms in total. The van der Waals surface area contributed by atoms with Gasteiger partial charge in [-0.25, -0.2) is 0 Å². The Morgan fingerprint density at radius 3 is 2.67 bits per heavy atom. The lowest BCUT2D eigenvalue weighted by Gasteiger charge is -2.37. The summed E-state index contributed by atoms with van der Waals surface area (Å²) in [5.41, 5.74) is 0.340. The van der Waals surface area contributed by atoms with Crippen LogP contribution < -0.4 is 4.90 Å². The molecule has 0 bridgehead atoms. The van der Waals surface area contributed by atoms with Gasteiger partial charge in [0.15, 0.2) is 0 Å². The molecule has 2 saturated heterocycles. The van der Waals surface area contributed by atoms with E-state index in [0.29, 0.717) is 19.4 Å². The van der Waals surface area contributed by atoms with Crippen LogP contribution in [0, 0.1) is 25.7 Å². The first-order chi connectivity index (χ1) is 17.2. The quantitative estimate of drug-likeness (QED) is 0.510. The van der Waals surface area contributed by atoms with Gasteiger partial charge in [-0.3, -0.25) is 14.4 Å². The van der Waals surface area contributed by atoms with Gasteiger partial charge in [0.1, 0.15) is 17.6 Å². The fourth-order valence-electron chi connectivity index (χ4n) is 6.34. The van der Waals surface area contributed by atoms with E-state index in [0.717, 1.165) is 23.2 Å². The molecule has 4 heterocycles. The topological polar surface area (TPSA) is 96.4 Å². The number of hydrogen-bond donors (Lipinski definition) is 1. The summed E-state index contributed by atoms with van der Waals surface area (Å²) in [5.74, 6) is -2.83. The molecule has 0 aliphatic carbocycles. The molecule has 1 spiro atoms. The standard InChI is InChI=1S/C28H34N2O6/c1-18-9-10-19(2)20(17-18)29-13-7-12-28-21(24(32)30(14-8-15-31)23(28)25(29)33)22-26(34)35-16-6-4-5-11-27(22,3)36-28/h5,7,9-12,17,21-23,31H,4,6,8,13-16H2,1-3H3/b11-5-/t21-,22+,23?,27-,28-/m0/s1. The first kappa shape index (κ1) is 24.7. The Hall–Kier alpha value is -2.97. The van der Waals surface area contributed by atoms with Crippen molar-refractivity contribution >= 4 is 23.5 Å². The Labute approximate surface area is 211 Å². The summed E-state index contributed by atoms with van der Waals surface area (Å²) in [6.07, 6.45) is 9.28. The zero-order valence-electron chi connectivity index (χ0n) is 21.1. The number of carbonyl (C=O) groups excluding carboxylic acids is 3. The molecular formula is C28H34N2O6.